The minimum Gasteiger partial charge on any atom is -0.330 e. The molecule has 1 aliphatic carbocycles. The van der Waals surface area contributed by atoms with Crippen LogP contribution in [-0.4, -0.2) is 20.5 Å². The molecule has 1 rings (SSSR count). The second kappa shape index (κ2) is 3.82. The maximum atomic E-state index is 10.9. The van der Waals surface area contributed by atoms with Gasteiger partial charge in [-0.1, -0.05) is 12.2 Å². The van der Waals surface area contributed by atoms with Gasteiger partial charge in [-0.3, -0.25) is 0 Å². The molecule has 0 saturated heterocycles. The summed E-state index contributed by atoms with van der Waals surface area (Å²) in [4.78, 5) is 0.121. The van der Waals surface area contributed by atoms with Crippen molar-refractivity contribution in [2.45, 2.75) is 18.4 Å². The largest absolute Gasteiger partial charge is 0.330 e. The Labute approximate surface area is 83.7 Å². The van der Waals surface area contributed by atoms with E-state index in [2.05, 4.69) is 0 Å². The van der Waals surface area contributed by atoms with Gasteiger partial charge in [-0.25, -0.2) is 13.6 Å². The van der Waals surface area contributed by atoms with Crippen LogP contribution in [0.5, 0.6) is 0 Å². The summed E-state index contributed by atoms with van der Waals surface area (Å²) in [6, 6.07) is 0. The lowest BCUT2D eigenvalue weighted by Crippen LogP contribution is -2.40. The van der Waals surface area contributed by atoms with E-state index in [1.807, 2.05) is 0 Å². The number of primary sulfonamides is 1. The maximum absolute atomic E-state index is 10.9. The summed E-state index contributed by atoms with van der Waals surface area (Å²) >= 11 is 0. The predicted molar refractivity (Wildman–Crippen MR) is 55.5 cm³/mol. The van der Waals surface area contributed by atoms with Crippen molar-refractivity contribution in [1.82, 2.24) is 0 Å². The second-order valence-electron chi connectivity index (χ2n) is 3.46. The molecule has 0 aromatic carbocycles. The molecule has 5 nitrogen and oxygen atoms in total. The van der Waals surface area contributed by atoms with Gasteiger partial charge >= 0.3 is 0 Å². The number of allylic oxidation sites excluding steroid dienone is 1. The van der Waals surface area contributed by atoms with Gasteiger partial charge in [-0.05, 0) is 25.5 Å². The monoisotopic (exact) mass is 217 g/mol. The van der Waals surface area contributed by atoms with Gasteiger partial charge in [0.1, 0.15) is 0 Å². The Morgan fingerprint density at radius 3 is 2.50 bits per heavy atom. The van der Waals surface area contributed by atoms with E-state index in [4.69, 9.17) is 16.6 Å². The Kier molecular flexibility index (Phi) is 3.10. The van der Waals surface area contributed by atoms with Crippen LogP contribution in [0.2, 0.25) is 0 Å². The standard InChI is InChI=1S/C8H15N3O2S/c9-6-5-8(10)3-1-7(2-4-8)14(11,12)13/h1-3H,4-6,9-10H2,(H2,11,12,13). The van der Waals surface area contributed by atoms with Crippen molar-refractivity contribution in [2.75, 3.05) is 6.54 Å². The molecule has 0 spiro atoms. The van der Waals surface area contributed by atoms with Gasteiger partial charge in [0.15, 0.2) is 0 Å². The molecule has 6 N–H and O–H groups in total. The molecule has 1 unspecified atom stereocenters. The third kappa shape index (κ3) is 2.65. The zero-order chi connectivity index (χ0) is 10.8. The fraction of sp³-hybridized carbons (Fsp3) is 0.500. The van der Waals surface area contributed by atoms with Crippen LogP contribution >= 0.6 is 0 Å². The zero-order valence-electron chi connectivity index (χ0n) is 7.81. The fourth-order valence-corrected chi connectivity index (χ4v) is 1.91. The average molecular weight is 217 g/mol. The lowest BCUT2D eigenvalue weighted by molar-refractivity contribution is 0.494. The first kappa shape index (κ1) is 11.4. The number of nitrogens with two attached hydrogens (primary N) is 3. The Bertz CT molecular complexity index is 372. The zero-order valence-corrected chi connectivity index (χ0v) is 8.63. The first-order valence-corrected chi connectivity index (χ1v) is 5.83. The van der Waals surface area contributed by atoms with Crippen LogP contribution in [0.4, 0.5) is 0 Å². The quantitative estimate of drug-likeness (QED) is 0.572. The molecule has 6 heteroatoms. The molecular formula is C8H15N3O2S. The normalized spacial score (nSPS) is 27.5. The van der Waals surface area contributed by atoms with Gasteiger partial charge in [0.25, 0.3) is 0 Å². The average Bonchev–Trinajstić information content (AvgIpc) is 2.03. The first-order valence-electron chi connectivity index (χ1n) is 4.28. The van der Waals surface area contributed by atoms with E-state index in [0.29, 0.717) is 19.4 Å². The van der Waals surface area contributed by atoms with Gasteiger partial charge in [0.05, 0.1) is 4.91 Å². The Hall–Kier alpha value is -0.690. The van der Waals surface area contributed by atoms with E-state index in [1.165, 1.54) is 12.2 Å². The van der Waals surface area contributed by atoms with Crippen molar-refractivity contribution < 1.29 is 8.42 Å². The SMILES string of the molecule is NCCC1(N)C=CC(S(N)(=O)=O)=CC1. The molecule has 0 bridgehead atoms. The van der Waals surface area contributed by atoms with Crippen LogP contribution in [0.25, 0.3) is 0 Å². The minimum absolute atomic E-state index is 0.121. The van der Waals surface area contributed by atoms with Crippen molar-refractivity contribution in [3.63, 3.8) is 0 Å². The van der Waals surface area contributed by atoms with Crippen molar-refractivity contribution in [2.24, 2.45) is 16.6 Å². The summed E-state index contributed by atoms with van der Waals surface area (Å²) < 4.78 is 21.9. The van der Waals surface area contributed by atoms with Crippen molar-refractivity contribution in [3.05, 3.63) is 23.1 Å². The van der Waals surface area contributed by atoms with Crippen LogP contribution in [0.15, 0.2) is 23.1 Å². The fourth-order valence-electron chi connectivity index (χ4n) is 1.34. The third-order valence-corrected chi connectivity index (χ3v) is 3.16. The Morgan fingerprint density at radius 2 is 2.14 bits per heavy atom. The molecule has 0 saturated carbocycles. The third-order valence-electron chi connectivity index (χ3n) is 2.20. The Balaban J connectivity index is 2.81. The highest BCUT2D eigenvalue weighted by Crippen LogP contribution is 2.22. The van der Waals surface area contributed by atoms with Gasteiger partial charge in [-0.2, -0.15) is 0 Å². The minimum atomic E-state index is -3.60. The molecule has 0 fully saturated rings. The summed E-state index contributed by atoms with van der Waals surface area (Å²) in [6.07, 6.45) is 5.70. The van der Waals surface area contributed by atoms with Gasteiger partial charge in [0, 0.05) is 5.54 Å². The number of sulfonamides is 1. The summed E-state index contributed by atoms with van der Waals surface area (Å²) in [7, 11) is -3.60. The van der Waals surface area contributed by atoms with Crippen molar-refractivity contribution in [1.29, 1.82) is 0 Å². The van der Waals surface area contributed by atoms with Gasteiger partial charge in [-0.15, -0.1) is 0 Å². The predicted octanol–water partition coefficient (Wildman–Crippen LogP) is -0.835. The van der Waals surface area contributed by atoms with Crippen LogP contribution in [0.3, 0.4) is 0 Å². The van der Waals surface area contributed by atoms with E-state index in [1.54, 1.807) is 6.08 Å². The molecule has 0 aliphatic heterocycles. The van der Waals surface area contributed by atoms with Crippen LogP contribution < -0.4 is 16.6 Å². The van der Waals surface area contributed by atoms with Crippen LogP contribution in [-0.2, 0) is 10.0 Å². The van der Waals surface area contributed by atoms with E-state index >= 15 is 0 Å². The van der Waals surface area contributed by atoms with Crippen molar-refractivity contribution in [3.8, 4) is 0 Å². The van der Waals surface area contributed by atoms with Crippen molar-refractivity contribution >= 4 is 10.0 Å². The number of rotatable bonds is 3. The Morgan fingerprint density at radius 1 is 1.50 bits per heavy atom. The molecule has 0 radical (unpaired) electrons. The number of hydrogen-bond acceptors (Lipinski definition) is 4. The molecule has 0 amide bonds. The maximum Gasteiger partial charge on any atom is 0.237 e. The molecule has 80 valence electrons. The summed E-state index contributed by atoms with van der Waals surface area (Å²) in [6.45, 7) is 0.472. The highest BCUT2D eigenvalue weighted by Gasteiger charge is 2.24. The highest BCUT2D eigenvalue weighted by atomic mass is 32.2. The number of hydrogen-bond donors (Lipinski definition) is 3. The van der Waals surface area contributed by atoms with E-state index < -0.39 is 15.6 Å². The molecule has 1 aliphatic rings. The lowest BCUT2D eigenvalue weighted by Gasteiger charge is -2.26. The van der Waals surface area contributed by atoms with E-state index in [9.17, 15) is 8.42 Å². The molecule has 14 heavy (non-hydrogen) atoms. The summed E-state index contributed by atoms with van der Waals surface area (Å²) in [5, 5.41) is 4.96. The summed E-state index contributed by atoms with van der Waals surface area (Å²) in [5.41, 5.74) is 10.8. The van der Waals surface area contributed by atoms with Gasteiger partial charge in [0.2, 0.25) is 10.0 Å². The molecule has 1 atom stereocenters. The van der Waals surface area contributed by atoms with E-state index in [0.717, 1.165) is 0 Å². The first-order chi connectivity index (χ1) is 6.37. The lowest BCUT2D eigenvalue weighted by atomic mass is 9.89. The molecule has 0 aromatic heterocycles. The topological polar surface area (TPSA) is 112 Å². The highest BCUT2D eigenvalue weighted by molar-refractivity contribution is 7.93. The molecular weight excluding hydrogens is 202 g/mol. The second-order valence-corrected chi connectivity index (χ2v) is 5.02. The molecule has 0 aromatic rings. The molecule has 0 heterocycles. The van der Waals surface area contributed by atoms with Crippen LogP contribution in [0.1, 0.15) is 12.8 Å². The van der Waals surface area contributed by atoms with E-state index in [-0.39, 0.29) is 4.91 Å². The van der Waals surface area contributed by atoms with Crippen LogP contribution in [0, 0.1) is 0 Å². The van der Waals surface area contributed by atoms with Gasteiger partial charge < -0.3 is 11.5 Å². The summed E-state index contributed by atoms with van der Waals surface area (Å²) in [5.74, 6) is 0. The smallest absolute Gasteiger partial charge is 0.237 e.